The number of benzene rings is 1. The van der Waals surface area contributed by atoms with E-state index < -0.39 is 17.2 Å². The van der Waals surface area contributed by atoms with Gasteiger partial charge in [0.2, 0.25) is 0 Å². The highest BCUT2D eigenvalue weighted by molar-refractivity contribution is 5.41. The monoisotopic (exact) mass is 200 g/mol. The van der Waals surface area contributed by atoms with E-state index in [0.717, 1.165) is 6.07 Å². The molecule has 76 valence electrons. The highest BCUT2D eigenvalue weighted by Gasteiger charge is 2.44. The predicted molar refractivity (Wildman–Crippen MR) is 46.2 cm³/mol. The van der Waals surface area contributed by atoms with Gasteiger partial charge >= 0.3 is 0 Å². The normalized spacial score (nSPS) is 24.9. The van der Waals surface area contributed by atoms with Crippen LogP contribution in [0.1, 0.15) is 12.5 Å². The fourth-order valence-corrected chi connectivity index (χ4v) is 1.42. The van der Waals surface area contributed by atoms with Crippen LogP contribution in [0.5, 0.6) is 5.75 Å². The lowest BCUT2D eigenvalue weighted by atomic mass is 10.0. The van der Waals surface area contributed by atoms with E-state index in [1.54, 1.807) is 6.92 Å². The van der Waals surface area contributed by atoms with Crippen LogP contribution in [0.25, 0.3) is 0 Å². The molecule has 1 aromatic carbocycles. The van der Waals surface area contributed by atoms with Crippen LogP contribution in [0.15, 0.2) is 12.1 Å². The van der Waals surface area contributed by atoms with Crippen molar-refractivity contribution >= 4 is 0 Å². The number of methoxy groups -OCH3 is 1. The van der Waals surface area contributed by atoms with E-state index in [1.165, 1.54) is 13.2 Å². The van der Waals surface area contributed by atoms with Crippen molar-refractivity contribution in [2.75, 3.05) is 13.7 Å². The zero-order chi connectivity index (χ0) is 10.3. The van der Waals surface area contributed by atoms with Crippen LogP contribution in [0.4, 0.5) is 8.78 Å². The molecular formula is C10H10F2O2. The summed E-state index contributed by atoms with van der Waals surface area (Å²) in [6, 6.07) is 2.04. The average molecular weight is 200 g/mol. The van der Waals surface area contributed by atoms with Crippen LogP contribution in [0.3, 0.4) is 0 Å². The second-order valence-corrected chi connectivity index (χ2v) is 3.49. The predicted octanol–water partition coefficient (Wildman–Crippen LogP) is 2.22. The van der Waals surface area contributed by atoms with Gasteiger partial charge in [-0.1, -0.05) is 0 Å². The summed E-state index contributed by atoms with van der Waals surface area (Å²) in [5.74, 6) is -1.25. The summed E-state index contributed by atoms with van der Waals surface area (Å²) >= 11 is 0. The molecule has 0 bridgehead atoms. The van der Waals surface area contributed by atoms with Crippen molar-refractivity contribution < 1.29 is 18.3 Å². The Morgan fingerprint density at radius 3 is 2.57 bits per heavy atom. The first-order chi connectivity index (χ1) is 6.57. The molecule has 1 fully saturated rings. The molecule has 0 N–H and O–H groups in total. The quantitative estimate of drug-likeness (QED) is 0.683. The van der Waals surface area contributed by atoms with Crippen LogP contribution >= 0.6 is 0 Å². The second-order valence-electron chi connectivity index (χ2n) is 3.49. The van der Waals surface area contributed by atoms with Gasteiger partial charge in [-0.2, -0.15) is 0 Å². The van der Waals surface area contributed by atoms with Gasteiger partial charge in [-0.15, -0.1) is 0 Å². The molecular weight excluding hydrogens is 190 g/mol. The van der Waals surface area contributed by atoms with E-state index in [4.69, 9.17) is 9.47 Å². The molecule has 4 heteroatoms. The Labute approximate surface area is 80.4 Å². The average Bonchev–Trinajstić information content (AvgIpc) is 2.84. The summed E-state index contributed by atoms with van der Waals surface area (Å²) in [5.41, 5.74) is -0.161. The van der Waals surface area contributed by atoms with E-state index >= 15 is 0 Å². The summed E-state index contributed by atoms with van der Waals surface area (Å²) in [5, 5.41) is 0. The van der Waals surface area contributed by atoms with Crippen LogP contribution in [-0.2, 0) is 10.3 Å². The van der Waals surface area contributed by atoms with Crippen LogP contribution in [0.2, 0.25) is 0 Å². The van der Waals surface area contributed by atoms with Crippen LogP contribution in [0, 0.1) is 11.6 Å². The zero-order valence-electron chi connectivity index (χ0n) is 7.93. The Hall–Kier alpha value is -1.16. The van der Waals surface area contributed by atoms with E-state index in [2.05, 4.69) is 0 Å². The lowest BCUT2D eigenvalue weighted by molar-refractivity contribution is 0.308. The number of hydrogen-bond donors (Lipinski definition) is 0. The molecule has 14 heavy (non-hydrogen) atoms. The van der Waals surface area contributed by atoms with Crippen molar-refractivity contribution in [1.82, 2.24) is 0 Å². The maximum atomic E-state index is 13.2. The summed E-state index contributed by atoms with van der Waals surface area (Å²) in [6.45, 7) is 2.23. The zero-order valence-corrected chi connectivity index (χ0v) is 7.93. The van der Waals surface area contributed by atoms with Gasteiger partial charge in [0.15, 0.2) is 11.6 Å². The number of ether oxygens (including phenoxy) is 2. The molecule has 1 atom stereocenters. The standard InChI is InChI=1S/C10H10F2O2/c1-10(5-14-10)7-3-6(11)4-8(12)9(7)13-2/h3-4H,5H2,1-2H3. The summed E-state index contributed by atoms with van der Waals surface area (Å²) in [6.07, 6.45) is 0. The molecule has 0 amide bonds. The van der Waals surface area contributed by atoms with Gasteiger partial charge in [-0.05, 0) is 13.0 Å². The molecule has 0 saturated carbocycles. The Morgan fingerprint density at radius 1 is 1.43 bits per heavy atom. The van der Waals surface area contributed by atoms with Crippen molar-refractivity contribution in [3.63, 3.8) is 0 Å². The highest BCUT2D eigenvalue weighted by atomic mass is 19.1. The minimum atomic E-state index is -0.695. The lowest BCUT2D eigenvalue weighted by Crippen LogP contribution is -2.07. The summed E-state index contributed by atoms with van der Waals surface area (Å²) < 4.78 is 36.2. The number of hydrogen-bond acceptors (Lipinski definition) is 2. The topological polar surface area (TPSA) is 21.8 Å². The maximum Gasteiger partial charge on any atom is 0.168 e. The molecule has 1 heterocycles. The van der Waals surface area contributed by atoms with Gasteiger partial charge in [0.1, 0.15) is 11.4 Å². The Morgan fingerprint density at radius 2 is 2.07 bits per heavy atom. The van der Waals surface area contributed by atoms with Crippen molar-refractivity contribution in [2.24, 2.45) is 0 Å². The molecule has 1 unspecified atom stereocenters. The molecule has 1 aliphatic rings. The summed E-state index contributed by atoms with van der Waals surface area (Å²) in [4.78, 5) is 0. The van der Waals surface area contributed by atoms with Gasteiger partial charge in [0, 0.05) is 11.6 Å². The Bertz CT molecular complexity index is 373. The SMILES string of the molecule is COc1c(F)cc(F)cc1C1(C)CO1. The molecule has 0 aliphatic carbocycles. The van der Waals surface area contributed by atoms with Crippen molar-refractivity contribution in [3.05, 3.63) is 29.3 Å². The maximum absolute atomic E-state index is 13.2. The van der Waals surface area contributed by atoms with E-state index in [-0.39, 0.29) is 5.75 Å². The van der Waals surface area contributed by atoms with E-state index in [0.29, 0.717) is 12.2 Å². The van der Waals surface area contributed by atoms with Crippen molar-refractivity contribution in [1.29, 1.82) is 0 Å². The molecule has 0 aromatic heterocycles. The fourth-order valence-electron chi connectivity index (χ4n) is 1.42. The molecule has 0 radical (unpaired) electrons. The Kier molecular flexibility index (Phi) is 1.96. The minimum Gasteiger partial charge on any atom is -0.493 e. The largest absolute Gasteiger partial charge is 0.493 e. The van der Waals surface area contributed by atoms with Gasteiger partial charge < -0.3 is 9.47 Å². The molecule has 1 saturated heterocycles. The lowest BCUT2D eigenvalue weighted by Gasteiger charge is -2.12. The number of rotatable bonds is 2. The minimum absolute atomic E-state index is 0.0615. The number of epoxide rings is 1. The third kappa shape index (κ3) is 1.35. The smallest absolute Gasteiger partial charge is 0.168 e. The van der Waals surface area contributed by atoms with Gasteiger partial charge in [-0.3, -0.25) is 0 Å². The Balaban J connectivity index is 2.56. The molecule has 1 aliphatic heterocycles. The first kappa shape index (κ1) is 9.40. The van der Waals surface area contributed by atoms with Crippen LogP contribution < -0.4 is 4.74 Å². The molecule has 1 aromatic rings. The molecule has 2 nitrogen and oxygen atoms in total. The van der Waals surface area contributed by atoms with Crippen molar-refractivity contribution in [3.8, 4) is 5.75 Å². The highest BCUT2D eigenvalue weighted by Crippen LogP contribution is 2.43. The van der Waals surface area contributed by atoms with Gasteiger partial charge in [0.05, 0.1) is 13.7 Å². The summed E-state index contributed by atoms with van der Waals surface area (Å²) in [7, 11) is 1.35. The van der Waals surface area contributed by atoms with Gasteiger partial charge in [0.25, 0.3) is 0 Å². The van der Waals surface area contributed by atoms with E-state index in [1.807, 2.05) is 0 Å². The van der Waals surface area contributed by atoms with Crippen molar-refractivity contribution in [2.45, 2.75) is 12.5 Å². The second kappa shape index (κ2) is 2.92. The number of halogens is 2. The first-order valence-electron chi connectivity index (χ1n) is 4.24. The first-order valence-corrected chi connectivity index (χ1v) is 4.24. The third-order valence-corrected chi connectivity index (χ3v) is 2.36. The fraction of sp³-hybridized carbons (Fsp3) is 0.400. The molecule has 0 spiro atoms. The van der Waals surface area contributed by atoms with Gasteiger partial charge in [-0.25, -0.2) is 8.78 Å². The van der Waals surface area contributed by atoms with Crippen LogP contribution in [-0.4, -0.2) is 13.7 Å². The van der Waals surface area contributed by atoms with E-state index in [9.17, 15) is 8.78 Å². The molecule has 2 rings (SSSR count). The third-order valence-electron chi connectivity index (χ3n) is 2.36.